The van der Waals surface area contributed by atoms with Gasteiger partial charge in [0.1, 0.15) is 5.58 Å². The summed E-state index contributed by atoms with van der Waals surface area (Å²) in [7, 11) is 0. The van der Waals surface area contributed by atoms with Crippen LogP contribution in [0.2, 0.25) is 0 Å². The average molecular weight is 328 g/mol. The van der Waals surface area contributed by atoms with Crippen molar-refractivity contribution in [3.63, 3.8) is 0 Å². The van der Waals surface area contributed by atoms with Gasteiger partial charge in [-0.25, -0.2) is 0 Å². The Labute approximate surface area is 144 Å². The molecule has 3 rings (SSSR count). The summed E-state index contributed by atoms with van der Waals surface area (Å²) >= 11 is 0. The van der Waals surface area contributed by atoms with Crippen LogP contribution in [0, 0.1) is 13.8 Å². The van der Waals surface area contributed by atoms with Crippen LogP contribution in [0.5, 0.6) is 0 Å². The first-order valence-electron chi connectivity index (χ1n) is 9.07. The minimum Gasteiger partial charge on any atom is -0.464 e. The summed E-state index contributed by atoms with van der Waals surface area (Å²) in [6, 6.07) is 4.58. The van der Waals surface area contributed by atoms with Crippen molar-refractivity contribution >= 4 is 16.9 Å². The summed E-state index contributed by atoms with van der Waals surface area (Å²) in [5.41, 5.74) is 4.34. The summed E-state index contributed by atoms with van der Waals surface area (Å²) in [6.45, 7) is 9.18. The summed E-state index contributed by atoms with van der Waals surface area (Å²) in [5.74, 6) is 0.227. The molecule has 0 bridgehead atoms. The molecule has 1 aromatic carbocycles. The summed E-state index contributed by atoms with van der Waals surface area (Å²) < 4.78 is 5.69. The van der Waals surface area contributed by atoms with Crippen molar-refractivity contribution in [3.8, 4) is 0 Å². The van der Waals surface area contributed by atoms with Crippen LogP contribution in [0.15, 0.2) is 22.8 Å². The van der Waals surface area contributed by atoms with Gasteiger partial charge in [0.05, 0.1) is 12.7 Å². The van der Waals surface area contributed by atoms with Gasteiger partial charge in [0.25, 0.3) is 0 Å². The van der Waals surface area contributed by atoms with Crippen molar-refractivity contribution in [2.75, 3.05) is 19.6 Å². The standard InChI is InChI=1S/C20H28N2O2/c1-4-9-22(17-5-7-21-8-6-17)20(23)12-16-13-24-19-11-15(3)14(2)10-18(16)19/h10-11,13,17,21H,4-9,12H2,1-3H3. The molecule has 2 aromatic rings. The van der Waals surface area contributed by atoms with Crippen LogP contribution in [0.25, 0.3) is 11.0 Å². The van der Waals surface area contributed by atoms with Gasteiger partial charge in [-0.3, -0.25) is 4.79 Å². The van der Waals surface area contributed by atoms with E-state index in [4.69, 9.17) is 4.42 Å². The number of rotatable bonds is 5. The zero-order valence-electron chi connectivity index (χ0n) is 15.0. The molecule has 0 spiro atoms. The summed E-state index contributed by atoms with van der Waals surface area (Å²) in [5, 5.41) is 4.46. The van der Waals surface area contributed by atoms with E-state index in [1.807, 2.05) is 0 Å². The first kappa shape index (κ1) is 17.0. The van der Waals surface area contributed by atoms with Gasteiger partial charge in [-0.2, -0.15) is 0 Å². The van der Waals surface area contributed by atoms with Crippen LogP contribution < -0.4 is 5.32 Å². The maximum Gasteiger partial charge on any atom is 0.227 e. The molecule has 1 amide bonds. The number of nitrogens with zero attached hydrogens (tertiary/aromatic N) is 1. The SMILES string of the molecule is CCCN(C(=O)Cc1coc2cc(C)c(C)cc12)C1CCNCC1. The number of aryl methyl sites for hydroxylation is 2. The molecule has 1 N–H and O–H groups in total. The van der Waals surface area contributed by atoms with Crippen LogP contribution in [0.4, 0.5) is 0 Å². The molecule has 24 heavy (non-hydrogen) atoms. The number of piperidine rings is 1. The van der Waals surface area contributed by atoms with Crippen molar-refractivity contribution in [3.05, 3.63) is 35.1 Å². The highest BCUT2D eigenvalue weighted by atomic mass is 16.3. The second-order valence-electron chi connectivity index (χ2n) is 6.94. The van der Waals surface area contributed by atoms with Crippen LogP contribution in [0.3, 0.4) is 0 Å². The number of carbonyl (C=O) groups excluding carboxylic acids is 1. The molecule has 0 atom stereocenters. The van der Waals surface area contributed by atoms with E-state index in [9.17, 15) is 4.79 Å². The molecule has 1 fully saturated rings. The number of amides is 1. The normalized spacial score (nSPS) is 15.8. The summed E-state index contributed by atoms with van der Waals surface area (Å²) in [4.78, 5) is 15.1. The number of hydrogen-bond donors (Lipinski definition) is 1. The second kappa shape index (κ2) is 7.39. The van der Waals surface area contributed by atoms with Gasteiger partial charge in [-0.1, -0.05) is 6.92 Å². The van der Waals surface area contributed by atoms with Crippen LogP contribution in [0.1, 0.15) is 42.9 Å². The van der Waals surface area contributed by atoms with Crippen LogP contribution in [-0.2, 0) is 11.2 Å². The summed E-state index contributed by atoms with van der Waals surface area (Å²) in [6.07, 6.45) is 5.29. The fraction of sp³-hybridized carbons (Fsp3) is 0.550. The Morgan fingerprint density at radius 3 is 2.67 bits per heavy atom. The van der Waals surface area contributed by atoms with Gasteiger partial charge in [-0.05, 0) is 69.5 Å². The lowest BCUT2D eigenvalue weighted by Crippen LogP contribution is -2.47. The smallest absolute Gasteiger partial charge is 0.227 e. The van der Waals surface area contributed by atoms with E-state index in [1.165, 1.54) is 11.1 Å². The van der Waals surface area contributed by atoms with Crippen molar-refractivity contribution in [2.24, 2.45) is 0 Å². The van der Waals surface area contributed by atoms with E-state index in [1.54, 1.807) is 6.26 Å². The first-order valence-corrected chi connectivity index (χ1v) is 9.07. The van der Waals surface area contributed by atoms with Crippen LogP contribution in [-0.4, -0.2) is 36.5 Å². The number of hydrogen-bond acceptors (Lipinski definition) is 3. The second-order valence-corrected chi connectivity index (χ2v) is 6.94. The topological polar surface area (TPSA) is 45.5 Å². The Hall–Kier alpha value is -1.81. The third-order valence-corrected chi connectivity index (χ3v) is 5.15. The molecule has 0 radical (unpaired) electrons. The molecule has 4 nitrogen and oxygen atoms in total. The van der Waals surface area contributed by atoms with E-state index >= 15 is 0 Å². The molecule has 0 saturated carbocycles. The molecule has 1 aliphatic heterocycles. The molecule has 0 unspecified atom stereocenters. The Morgan fingerprint density at radius 1 is 1.25 bits per heavy atom. The third kappa shape index (κ3) is 3.48. The maximum absolute atomic E-state index is 13.0. The molecule has 4 heteroatoms. The van der Waals surface area contributed by atoms with Gasteiger partial charge in [0.15, 0.2) is 0 Å². The fourth-order valence-corrected chi connectivity index (χ4v) is 3.61. The highest BCUT2D eigenvalue weighted by Gasteiger charge is 2.25. The predicted molar refractivity (Wildman–Crippen MR) is 97.3 cm³/mol. The number of fused-ring (bicyclic) bond motifs is 1. The van der Waals surface area contributed by atoms with Crippen molar-refractivity contribution in [2.45, 2.75) is 52.5 Å². The lowest BCUT2D eigenvalue weighted by Gasteiger charge is -2.34. The predicted octanol–water partition coefficient (Wildman–Crippen LogP) is 3.58. The van der Waals surface area contributed by atoms with Crippen molar-refractivity contribution in [1.29, 1.82) is 0 Å². The van der Waals surface area contributed by atoms with Gasteiger partial charge < -0.3 is 14.6 Å². The maximum atomic E-state index is 13.0. The lowest BCUT2D eigenvalue weighted by atomic mass is 10.0. The van der Waals surface area contributed by atoms with Crippen LogP contribution >= 0.6 is 0 Å². The van der Waals surface area contributed by atoms with Gasteiger partial charge in [0.2, 0.25) is 5.91 Å². The Kier molecular flexibility index (Phi) is 5.24. The molecule has 2 heterocycles. The van der Waals surface area contributed by atoms with E-state index < -0.39 is 0 Å². The van der Waals surface area contributed by atoms with E-state index in [0.29, 0.717) is 12.5 Å². The highest BCUT2D eigenvalue weighted by molar-refractivity contribution is 5.88. The monoisotopic (exact) mass is 328 g/mol. The van der Waals surface area contributed by atoms with Gasteiger partial charge in [0, 0.05) is 23.5 Å². The minimum absolute atomic E-state index is 0.227. The Bertz CT molecular complexity index is 714. The number of furan rings is 1. The Balaban J connectivity index is 1.80. The van der Waals surface area contributed by atoms with Crippen molar-refractivity contribution < 1.29 is 9.21 Å². The fourth-order valence-electron chi connectivity index (χ4n) is 3.61. The highest BCUT2D eigenvalue weighted by Crippen LogP contribution is 2.26. The first-order chi connectivity index (χ1) is 11.6. The molecule has 0 aliphatic carbocycles. The van der Waals surface area contributed by atoms with E-state index in [2.05, 4.69) is 43.1 Å². The molecule has 1 aliphatic rings. The zero-order chi connectivity index (χ0) is 17.1. The average Bonchev–Trinajstić information content (AvgIpc) is 2.95. The van der Waals surface area contributed by atoms with E-state index in [-0.39, 0.29) is 5.91 Å². The molecule has 1 saturated heterocycles. The molecule has 130 valence electrons. The minimum atomic E-state index is 0.227. The van der Waals surface area contributed by atoms with Gasteiger partial charge >= 0.3 is 0 Å². The Morgan fingerprint density at radius 2 is 1.96 bits per heavy atom. The number of benzene rings is 1. The third-order valence-electron chi connectivity index (χ3n) is 5.15. The van der Waals surface area contributed by atoms with Gasteiger partial charge in [-0.15, -0.1) is 0 Å². The van der Waals surface area contributed by atoms with E-state index in [0.717, 1.165) is 55.4 Å². The zero-order valence-corrected chi connectivity index (χ0v) is 15.0. The molecule has 1 aromatic heterocycles. The number of carbonyl (C=O) groups is 1. The molecular formula is C20H28N2O2. The lowest BCUT2D eigenvalue weighted by molar-refractivity contribution is -0.133. The quantitative estimate of drug-likeness (QED) is 0.912. The molecular weight excluding hydrogens is 300 g/mol. The largest absolute Gasteiger partial charge is 0.464 e. The number of nitrogens with one attached hydrogen (secondary N) is 1. The van der Waals surface area contributed by atoms with Crippen molar-refractivity contribution in [1.82, 2.24) is 10.2 Å².